The molecule has 0 radical (unpaired) electrons. The Hall–Kier alpha value is -0.840. The quantitative estimate of drug-likeness (QED) is 0.878. The van der Waals surface area contributed by atoms with Crippen molar-refractivity contribution in [2.75, 3.05) is 40.8 Å². The van der Waals surface area contributed by atoms with Crippen molar-refractivity contribution in [3.8, 4) is 0 Å². The lowest BCUT2D eigenvalue weighted by atomic mass is 10.0. The monoisotopic (exact) mass is 251 g/mol. The minimum atomic E-state index is 0.350. The van der Waals surface area contributed by atoms with Crippen molar-refractivity contribution in [1.82, 2.24) is 15.1 Å². The molecular formula is C14H25N3O. The largest absolute Gasteiger partial charge is 0.465 e. The van der Waals surface area contributed by atoms with Gasteiger partial charge in [-0.05, 0) is 46.6 Å². The van der Waals surface area contributed by atoms with Crippen molar-refractivity contribution in [2.45, 2.75) is 25.4 Å². The maximum absolute atomic E-state index is 5.79. The first-order chi connectivity index (χ1) is 8.56. The number of rotatable bonds is 4. The first-order valence-electron chi connectivity index (χ1n) is 6.71. The third-order valence-electron chi connectivity index (χ3n) is 3.68. The molecule has 1 fully saturated rings. The Labute approximate surface area is 110 Å². The zero-order valence-electron chi connectivity index (χ0n) is 11.9. The van der Waals surface area contributed by atoms with Gasteiger partial charge in [-0.3, -0.25) is 4.90 Å². The summed E-state index contributed by atoms with van der Waals surface area (Å²) < 4.78 is 5.79. The Balaban J connectivity index is 2.02. The maximum atomic E-state index is 5.79. The van der Waals surface area contributed by atoms with Gasteiger partial charge in [0.05, 0.1) is 6.04 Å². The summed E-state index contributed by atoms with van der Waals surface area (Å²) in [6.07, 6.45) is 1.09. The smallest absolute Gasteiger partial charge is 0.121 e. The molecule has 2 rings (SSSR count). The van der Waals surface area contributed by atoms with Gasteiger partial charge in [-0.2, -0.15) is 0 Å². The molecule has 102 valence electrons. The van der Waals surface area contributed by atoms with Crippen LogP contribution >= 0.6 is 0 Å². The first-order valence-corrected chi connectivity index (χ1v) is 6.71. The van der Waals surface area contributed by atoms with Gasteiger partial charge < -0.3 is 14.6 Å². The zero-order chi connectivity index (χ0) is 13.1. The van der Waals surface area contributed by atoms with E-state index in [1.807, 2.05) is 13.0 Å². The minimum Gasteiger partial charge on any atom is -0.465 e. The second-order valence-electron chi connectivity index (χ2n) is 5.58. The summed E-state index contributed by atoms with van der Waals surface area (Å²) in [6, 6.07) is 5.04. The summed E-state index contributed by atoms with van der Waals surface area (Å²) in [5.74, 6) is 2.07. The maximum Gasteiger partial charge on any atom is 0.121 e. The van der Waals surface area contributed by atoms with E-state index in [0.717, 1.165) is 37.6 Å². The highest BCUT2D eigenvalue weighted by Gasteiger charge is 2.25. The molecule has 1 aliphatic heterocycles. The minimum absolute atomic E-state index is 0.350. The van der Waals surface area contributed by atoms with E-state index in [4.69, 9.17) is 4.42 Å². The summed E-state index contributed by atoms with van der Waals surface area (Å²) in [5.41, 5.74) is 0. The van der Waals surface area contributed by atoms with Crippen LogP contribution in [0.25, 0.3) is 0 Å². The van der Waals surface area contributed by atoms with E-state index in [-0.39, 0.29) is 0 Å². The molecule has 18 heavy (non-hydrogen) atoms. The standard InChI is InChI=1S/C14H25N3O/c1-11-5-6-14(18-11)13(16(2)3)9-12-10-17(4)8-7-15-12/h5-6,12-13,15H,7-10H2,1-4H3. The molecule has 4 heteroatoms. The average Bonchev–Trinajstić information content (AvgIpc) is 2.72. The van der Waals surface area contributed by atoms with Crippen molar-refractivity contribution in [3.05, 3.63) is 23.7 Å². The number of hydrogen-bond acceptors (Lipinski definition) is 4. The molecule has 1 N–H and O–H groups in total. The van der Waals surface area contributed by atoms with Gasteiger partial charge in [0.1, 0.15) is 11.5 Å². The summed E-state index contributed by atoms with van der Waals surface area (Å²) in [5, 5.41) is 3.60. The normalized spacial score (nSPS) is 23.5. The van der Waals surface area contributed by atoms with Crippen LogP contribution in [0.3, 0.4) is 0 Å². The number of furan rings is 1. The number of nitrogens with one attached hydrogen (secondary N) is 1. The van der Waals surface area contributed by atoms with Crippen LogP contribution < -0.4 is 5.32 Å². The number of nitrogens with zero attached hydrogens (tertiary/aromatic N) is 2. The van der Waals surface area contributed by atoms with Crippen molar-refractivity contribution in [3.63, 3.8) is 0 Å². The van der Waals surface area contributed by atoms with Crippen LogP contribution in [0.1, 0.15) is 24.0 Å². The van der Waals surface area contributed by atoms with E-state index in [0.29, 0.717) is 12.1 Å². The number of hydrogen-bond donors (Lipinski definition) is 1. The van der Waals surface area contributed by atoms with Gasteiger partial charge in [0, 0.05) is 25.7 Å². The lowest BCUT2D eigenvalue weighted by molar-refractivity contribution is 0.176. The van der Waals surface area contributed by atoms with Crippen molar-refractivity contribution in [1.29, 1.82) is 0 Å². The van der Waals surface area contributed by atoms with Gasteiger partial charge in [-0.15, -0.1) is 0 Å². The molecule has 1 saturated heterocycles. The average molecular weight is 251 g/mol. The lowest BCUT2D eigenvalue weighted by Crippen LogP contribution is -2.50. The molecule has 2 heterocycles. The van der Waals surface area contributed by atoms with E-state index >= 15 is 0 Å². The highest BCUT2D eigenvalue weighted by Crippen LogP contribution is 2.26. The third-order valence-corrected chi connectivity index (χ3v) is 3.68. The van der Waals surface area contributed by atoms with Crippen LogP contribution in [-0.4, -0.2) is 56.6 Å². The Morgan fingerprint density at radius 3 is 2.83 bits per heavy atom. The zero-order valence-corrected chi connectivity index (χ0v) is 11.9. The molecule has 1 aromatic rings. The Bertz CT molecular complexity index is 375. The van der Waals surface area contributed by atoms with Gasteiger partial charge in [-0.1, -0.05) is 0 Å². The van der Waals surface area contributed by atoms with Gasteiger partial charge >= 0.3 is 0 Å². The van der Waals surface area contributed by atoms with E-state index in [1.54, 1.807) is 0 Å². The molecular weight excluding hydrogens is 226 g/mol. The predicted molar refractivity (Wildman–Crippen MR) is 73.8 cm³/mol. The first kappa shape index (κ1) is 13.6. The fourth-order valence-electron chi connectivity index (χ4n) is 2.63. The summed E-state index contributed by atoms with van der Waals surface area (Å²) >= 11 is 0. The third kappa shape index (κ3) is 3.34. The van der Waals surface area contributed by atoms with Gasteiger partial charge in [0.25, 0.3) is 0 Å². The van der Waals surface area contributed by atoms with Gasteiger partial charge in [0.2, 0.25) is 0 Å². The van der Waals surface area contributed by atoms with Gasteiger partial charge in [0.15, 0.2) is 0 Å². The molecule has 0 saturated carbocycles. The van der Waals surface area contributed by atoms with Gasteiger partial charge in [-0.25, -0.2) is 0 Å². The molecule has 0 bridgehead atoms. The number of aryl methyl sites for hydroxylation is 1. The van der Waals surface area contributed by atoms with Crippen LogP contribution in [0.15, 0.2) is 16.5 Å². The fourth-order valence-corrected chi connectivity index (χ4v) is 2.63. The second kappa shape index (κ2) is 5.87. The van der Waals surface area contributed by atoms with Crippen LogP contribution in [0.2, 0.25) is 0 Å². The molecule has 0 amide bonds. The SMILES string of the molecule is Cc1ccc(C(CC2CN(C)CCN2)N(C)C)o1. The molecule has 1 aromatic heterocycles. The van der Waals surface area contributed by atoms with E-state index in [2.05, 4.69) is 42.3 Å². The van der Waals surface area contributed by atoms with Crippen molar-refractivity contribution >= 4 is 0 Å². The van der Waals surface area contributed by atoms with Crippen LogP contribution in [0.4, 0.5) is 0 Å². The van der Waals surface area contributed by atoms with Crippen LogP contribution in [-0.2, 0) is 0 Å². The summed E-state index contributed by atoms with van der Waals surface area (Å²) in [4.78, 5) is 4.63. The topological polar surface area (TPSA) is 31.6 Å². The Kier molecular flexibility index (Phi) is 4.43. The highest BCUT2D eigenvalue weighted by atomic mass is 16.3. The fraction of sp³-hybridized carbons (Fsp3) is 0.714. The molecule has 4 nitrogen and oxygen atoms in total. The van der Waals surface area contributed by atoms with E-state index in [9.17, 15) is 0 Å². The molecule has 0 spiro atoms. The Morgan fingerprint density at radius 1 is 1.50 bits per heavy atom. The summed E-state index contributed by atoms with van der Waals surface area (Å²) in [6.45, 7) is 5.34. The Morgan fingerprint density at radius 2 is 2.28 bits per heavy atom. The van der Waals surface area contributed by atoms with E-state index < -0.39 is 0 Å². The predicted octanol–water partition coefficient (Wildman–Crippen LogP) is 1.48. The van der Waals surface area contributed by atoms with Crippen molar-refractivity contribution < 1.29 is 4.42 Å². The van der Waals surface area contributed by atoms with Crippen LogP contribution in [0, 0.1) is 6.92 Å². The lowest BCUT2D eigenvalue weighted by Gasteiger charge is -2.34. The summed E-state index contributed by atoms with van der Waals surface area (Å²) in [7, 11) is 6.43. The number of likely N-dealkylation sites (N-methyl/N-ethyl adjacent to an activating group) is 1. The van der Waals surface area contributed by atoms with Crippen LogP contribution in [0.5, 0.6) is 0 Å². The molecule has 0 aliphatic carbocycles. The molecule has 1 aliphatic rings. The van der Waals surface area contributed by atoms with Crippen molar-refractivity contribution in [2.24, 2.45) is 0 Å². The molecule has 2 atom stereocenters. The molecule has 0 aromatic carbocycles. The number of piperazine rings is 1. The highest BCUT2D eigenvalue weighted by molar-refractivity contribution is 5.10. The molecule has 2 unspecified atom stereocenters. The van der Waals surface area contributed by atoms with E-state index in [1.165, 1.54) is 0 Å². The second-order valence-corrected chi connectivity index (χ2v) is 5.58.